The quantitative estimate of drug-likeness (QED) is 0.802. The van der Waals surface area contributed by atoms with Crippen LogP contribution in [0.1, 0.15) is 58.3 Å². The van der Waals surface area contributed by atoms with Gasteiger partial charge in [-0.15, -0.1) is 0 Å². The van der Waals surface area contributed by atoms with Crippen molar-refractivity contribution in [3.8, 4) is 0 Å². The molecule has 3 aliphatic rings. The first kappa shape index (κ1) is 13.4. The van der Waals surface area contributed by atoms with Crippen LogP contribution in [0.2, 0.25) is 0 Å². The molecule has 3 rings (SSSR count). The Morgan fingerprint density at radius 1 is 1.21 bits per heavy atom. The van der Waals surface area contributed by atoms with Gasteiger partial charge >= 0.3 is 0 Å². The van der Waals surface area contributed by atoms with Crippen molar-refractivity contribution in [3.05, 3.63) is 0 Å². The van der Waals surface area contributed by atoms with Crippen molar-refractivity contribution < 1.29 is 9.90 Å². The Kier molecular flexibility index (Phi) is 3.59. The fourth-order valence-electron chi connectivity index (χ4n) is 3.95. The molecule has 2 N–H and O–H groups in total. The maximum Gasteiger partial charge on any atom is 0.223 e. The smallest absolute Gasteiger partial charge is 0.223 e. The second-order valence-electron chi connectivity index (χ2n) is 7.24. The van der Waals surface area contributed by atoms with Crippen molar-refractivity contribution in [1.29, 1.82) is 0 Å². The molecule has 0 heterocycles. The van der Waals surface area contributed by atoms with Gasteiger partial charge in [0.15, 0.2) is 0 Å². The minimum Gasteiger partial charge on any atom is -0.394 e. The van der Waals surface area contributed by atoms with Crippen LogP contribution < -0.4 is 5.32 Å². The molecule has 0 saturated heterocycles. The molecule has 0 aliphatic heterocycles. The molecule has 0 aromatic carbocycles. The Labute approximate surface area is 116 Å². The first-order valence-electron chi connectivity index (χ1n) is 8.07. The SMILES string of the molecule is C[C@](CO)(NC(=O)[C@@H]1C[C@H]1C1CC1)C1CCCCC1. The van der Waals surface area contributed by atoms with Crippen LogP contribution in [0.15, 0.2) is 0 Å². The summed E-state index contributed by atoms with van der Waals surface area (Å²) in [5, 5.41) is 13.0. The topological polar surface area (TPSA) is 49.3 Å². The summed E-state index contributed by atoms with van der Waals surface area (Å²) in [6, 6.07) is 0. The normalized spacial score (nSPS) is 34.6. The van der Waals surface area contributed by atoms with E-state index in [-0.39, 0.29) is 18.4 Å². The summed E-state index contributed by atoms with van der Waals surface area (Å²) in [6.07, 6.45) is 9.82. The second-order valence-corrected chi connectivity index (χ2v) is 7.24. The first-order valence-corrected chi connectivity index (χ1v) is 8.07. The molecule has 108 valence electrons. The second kappa shape index (κ2) is 5.08. The molecular formula is C16H27NO2. The summed E-state index contributed by atoms with van der Waals surface area (Å²) in [7, 11) is 0. The standard InChI is InChI=1S/C16H27NO2/c1-16(10-18,12-5-3-2-4-6-12)17-15(19)14-9-13(14)11-7-8-11/h11-14,18H,2-10H2,1H3,(H,17,19)/t13-,14+,16+/m0/s1. The highest BCUT2D eigenvalue weighted by molar-refractivity contribution is 5.82. The van der Waals surface area contributed by atoms with Crippen LogP contribution in [0.5, 0.6) is 0 Å². The molecule has 3 nitrogen and oxygen atoms in total. The number of carbonyl (C=O) groups is 1. The van der Waals surface area contributed by atoms with E-state index in [9.17, 15) is 9.90 Å². The molecule has 3 heteroatoms. The third-order valence-corrected chi connectivity index (χ3v) is 5.65. The first-order chi connectivity index (χ1) is 9.14. The minimum atomic E-state index is -0.395. The van der Waals surface area contributed by atoms with Gasteiger partial charge < -0.3 is 10.4 Å². The van der Waals surface area contributed by atoms with Gasteiger partial charge in [0.2, 0.25) is 5.91 Å². The summed E-state index contributed by atoms with van der Waals surface area (Å²) in [6.45, 7) is 2.11. The molecule has 0 aromatic heterocycles. The fourth-order valence-corrected chi connectivity index (χ4v) is 3.95. The van der Waals surface area contributed by atoms with Crippen LogP contribution in [0.25, 0.3) is 0 Å². The highest BCUT2D eigenvalue weighted by Gasteiger charge is 2.52. The molecule has 3 atom stereocenters. The molecular weight excluding hydrogens is 238 g/mol. The van der Waals surface area contributed by atoms with E-state index in [1.54, 1.807) is 0 Å². The van der Waals surface area contributed by atoms with E-state index in [1.807, 2.05) is 6.92 Å². The number of amides is 1. The van der Waals surface area contributed by atoms with Gasteiger partial charge in [0, 0.05) is 5.92 Å². The Morgan fingerprint density at radius 3 is 2.47 bits per heavy atom. The van der Waals surface area contributed by atoms with Crippen LogP contribution in [-0.2, 0) is 4.79 Å². The predicted molar refractivity (Wildman–Crippen MR) is 74.5 cm³/mol. The predicted octanol–water partition coefficient (Wildman–Crippen LogP) is 2.48. The zero-order valence-electron chi connectivity index (χ0n) is 12.0. The number of carbonyl (C=O) groups excluding carboxylic acids is 1. The van der Waals surface area contributed by atoms with E-state index in [0.717, 1.165) is 25.2 Å². The lowest BCUT2D eigenvalue weighted by Gasteiger charge is -2.39. The monoisotopic (exact) mass is 265 g/mol. The van der Waals surface area contributed by atoms with Gasteiger partial charge in [-0.2, -0.15) is 0 Å². The molecule has 0 radical (unpaired) electrons. The molecule has 3 fully saturated rings. The Morgan fingerprint density at radius 2 is 1.89 bits per heavy atom. The summed E-state index contributed by atoms with van der Waals surface area (Å²) >= 11 is 0. The van der Waals surface area contributed by atoms with Gasteiger partial charge in [-0.05, 0) is 56.8 Å². The molecule has 0 aromatic rings. The molecule has 0 unspecified atom stereocenters. The van der Waals surface area contributed by atoms with Crippen molar-refractivity contribution in [1.82, 2.24) is 5.32 Å². The van der Waals surface area contributed by atoms with Crippen molar-refractivity contribution >= 4 is 5.91 Å². The van der Waals surface area contributed by atoms with Crippen LogP contribution >= 0.6 is 0 Å². The molecule has 3 aliphatic carbocycles. The van der Waals surface area contributed by atoms with Gasteiger partial charge in [-0.1, -0.05) is 19.3 Å². The van der Waals surface area contributed by atoms with Crippen molar-refractivity contribution in [3.63, 3.8) is 0 Å². The summed E-state index contributed by atoms with van der Waals surface area (Å²) < 4.78 is 0. The Bertz CT molecular complexity index is 347. The zero-order valence-corrected chi connectivity index (χ0v) is 12.0. The van der Waals surface area contributed by atoms with Crippen LogP contribution in [0, 0.1) is 23.7 Å². The number of aliphatic hydroxyl groups excluding tert-OH is 1. The lowest BCUT2D eigenvalue weighted by atomic mass is 9.76. The summed E-state index contributed by atoms with van der Waals surface area (Å²) in [5.74, 6) is 2.41. The molecule has 1 amide bonds. The molecule has 0 spiro atoms. The maximum atomic E-state index is 12.3. The number of rotatable bonds is 5. The highest BCUT2D eigenvalue weighted by atomic mass is 16.3. The van der Waals surface area contributed by atoms with Gasteiger partial charge in [-0.3, -0.25) is 4.79 Å². The molecule has 0 bridgehead atoms. The van der Waals surface area contributed by atoms with E-state index >= 15 is 0 Å². The lowest BCUT2D eigenvalue weighted by Crippen LogP contribution is -2.55. The van der Waals surface area contributed by atoms with Crippen molar-refractivity contribution in [2.45, 2.75) is 63.8 Å². The fraction of sp³-hybridized carbons (Fsp3) is 0.938. The third-order valence-electron chi connectivity index (χ3n) is 5.65. The van der Waals surface area contributed by atoms with Gasteiger partial charge in [0.05, 0.1) is 12.1 Å². The summed E-state index contributed by atoms with van der Waals surface area (Å²) in [4.78, 5) is 12.3. The van der Waals surface area contributed by atoms with Crippen molar-refractivity contribution in [2.75, 3.05) is 6.61 Å². The van der Waals surface area contributed by atoms with E-state index < -0.39 is 5.54 Å². The Balaban J connectivity index is 1.57. The number of hydrogen-bond donors (Lipinski definition) is 2. The minimum absolute atomic E-state index is 0.0736. The maximum absolute atomic E-state index is 12.3. The number of nitrogens with one attached hydrogen (secondary N) is 1. The van der Waals surface area contributed by atoms with Crippen LogP contribution in [0.3, 0.4) is 0 Å². The average molecular weight is 265 g/mol. The van der Waals surface area contributed by atoms with Crippen LogP contribution in [-0.4, -0.2) is 23.2 Å². The van der Waals surface area contributed by atoms with Gasteiger partial charge in [0.1, 0.15) is 0 Å². The van der Waals surface area contributed by atoms with Crippen molar-refractivity contribution in [2.24, 2.45) is 23.7 Å². The zero-order chi connectivity index (χ0) is 13.5. The third kappa shape index (κ3) is 2.81. The van der Waals surface area contributed by atoms with Crippen LogP contribution in [0.4, 0.5) is 0 Å². The Hall–Kier alpha value is -0.570. The van der Waals surface area contributed by atoms with Gasteiger partial charge in [0.25, 0.3) is 0 Å². The summed E-state index contributed by atoms with van der Waals surface area (Å²) in [5.41, 5.74) is -0.395. The van der Waals surface area contributed by atoms with E-state index in [1.165, 1.54) is 32.1 Å². The van der Waals surface area contributed by atoms with E-state index in [4.69, 9.17) is 0 Å². The van der Waals surface area contributed by atoms with E-state index in [2.05, 4.69) is 5.32 Å². The lowest BCUT2D eigenvalue weighted by molar-refractivity contribution is -0.126. The number of hydrogen-bond acceptors (Lipinski definition) is 2. The van der Waals surface area contributed by atoms with E-state index in [0.29, 0.717) is 11.8 Å². The highest BCUT2D eigenvalue weighted by Crippen LogP contribution is 2.54. The molecule has 19 heavy (non-hydrogen) atoms. The number of aliphatic hydroxyl groups is 1. The average Bonchev–Trinajstić information content (AvgIpc) is 3.30. The largest absolute Gasteiger partial charge is 0.394 e. The molecule has 3 saturated carbocycles. The van der Waals surface area contributed by atoms with Gasteiger partial charge in [-0.25, -0.2) is 0 Å².